The van der Waals surface area contributed by atoms with Crippen LogP contribution in [0.5, 0.6) is 0 Å². The normalized spacial score (nSPS) is 10.9. The van der Waals surface area contributed by atoms with Gasteiger partial charge in [0, 0.05) is 5.56 Å². The highest BCUT2D eigenvalue weighted by molar-refractivity contribution is 5.86. The van der Waals surface area contributed by atoms with Crippen LogP contribution in [0.15, 0.2) is 28.7 Å². The molecule has 0 bridgehead atoms. The summed E-state index contributed by atoms with van der Waals surface area (Å²) in [4.78, 5) is 15.4. The van der Waals surface area contributed by atoms with Gasteiger partial charge in [0.15, 0.2) is 0 Å². The number of hydrogen-bond acceptors (Lipinski definition) is 3. The molecule has 0 aliphatic rings. The molecule has 0 amide bonds. The Labute approximate surface area is 105 Å². The molecule has 18 heavy (non-hydrogen) atoms. The van der Waals surface area contributed by atoms with Crippen LogP contribution in [0.4, 0.5) is 0 Å². The second kappa shape index (κ2) is 4.64. The molecule has 4 nitrogen and oxygen atoms in total. The first kappa shape index (κ1) is 12.4. The van der Waals surface area contributed by atoms with Crippen LogP contribution in [0.25, 0.3) is 11.5 Å². The van der Waals surface area contributed by atoms with E-state index in [9.17, 15) is 4.79 Å². The van der Waals surface area contributed by atoms with E-state index in [4.69, 9.17) is 9.52 Å². The highest BCUT2D eigenvalue weighted by Gasteiger charge is 2.22. The number of aryl methyl sites for hydroxylation is 1. The molecule has 0 aliphatic heterocycles. The Hall–Kier alpha value is -2.10. The fourth-order valence-corrected chi connectivity index (χ4v) is 1.78. The van der Waals surface area contributed by atoms with Gasteiger partial charge in [-0.1, -0.05) is 31.5 Å². The number of carbonyl (C=O) groups is 1. The third kappa shape index (κ3) is 2.27. The second-order valence-corrected chi connectivity index (χ2v) is 4.56. The number of benzene rings is 1. The fourth-order valence-electron chi connectivity index (χ4n) is 1.78. The fraction of sp³-hybridized carbons (Fsp3) is 0.286. The van der Waals surface area contributed by atoms with Crippen LogP contribution in [0.2, 0.25) is 0 Å². The maximum Gasteiger partial charge on any atom is 0.373 e. The lowest BCUT2D eigenvalue weighted by molar-refractivity contribution is 0.0661. The number of aromatic carboxylic acids is 1. The predicted molar refractivity (Wildman–Crippen MR) is 67.7 cm³/mol. The van der Waals surface area contributed by atoms with Crippen molar-refractivity contribution in [2.45, 2.75) is 26.7 Å². The minimum absolute atomic E-state index is 0.0124. The van der Waals surface area contributed by atoms with E-state index in [2.05, 4.69) is 4.98 Å². The van der Waals surface area contributed by atoms with Crippen LogP contribution in [-0.4, -0.2) is 16.1 Å². The maximum atomic E-state index is 11.1. The van der Waals surface area contributed by atoms with Crippen molar-refractivity contribution < 1.29 is 14.3 Å². The van der Waals surface area contributed by atoms with E-state index in [1.165, 1.54) is 0 Å². The number of oxazole rings is 1. The topological polar surface area (TPSA) is 63.3 Å². The molecule has 4 heteroatoms. The molecule has 2 rings (SSSR count). The minimum Gasteiger partial charge on any atom is -0.475 e. The van der Waals surface area contributed by atoms with Crippen LogP contribution in [0, 0.1) is 6.92 Å². The molecule has 0 atom stereocenters. The summed E-state index contributed by atoms with van der Waals surface area (Å²) in [5, 5.41) is 9.10. The molecule has 0 fully saturated rings. The van der Waals surface area contributed by atoms with E-state index in [0.29, 0.717) is 11.6 Å². The van der Waals surface area contributed by atoms with Gasteiger partial charge in [-0.25, -0.2) is 9.78 Å². The summed E-state index contributed by atoms with van der Waals surface area (Å²) >= 11 is 0. The minimum atomic E-state index is -1.08. The highest BCUT2D eigenvalue weighted by Crippen LogP contribution is 2.26. The van der Waals surface area contributed by atoms with Gasteiger partial charge in [0.2, 0.25) is 11.7 Å². The maximum absolute atomic E-state index is 11.1. The Kier molecular flexibility index (Phi) is 3.19. The standard InChI is InChI=1S/C14H15NO3/c1-8(2)11-12(14(16)17)18-13(15-11)10-6-4-5-9(3)7-10/h4-8H,1-3H3,(H,16,17). The Bertz CT molecular complexity index is 584. The number of hydrogen-bond donors (Lipinski definition) is 1. The first-order chi connectivity index (χ1) is 8.49. The van der Waals surface area contributed by atoms with Crippen LogP contribution in [0.3, 0.4) is 0 Å². The van der Waals surface area contributed by atoms with Crippen LogP contribution < -0.4 is 0 Å². The van der Waals surface area contributed by atoms with Gasteiger partial charge in [-0.3, -0.25) is 0 Å². The highest BCUT2D eigenvalue weighted by atomic mass is 16.4. The smallest absolute Gasteiger partial charge is 0.373 e. The summed E-state index contributed by atoms with van der Waals surface area (Å²) in [5.74, 6) is -0.773. The van der Waals surface area contributed by atoms with Gasteiger partial charge < -0.3 is 9.52 Å². The van der Waals surface area contributed by atoms with Gasteiger partial charge in [0.1, 0.15) is 0 Å². The Morgan fingerprint density at radius 2 is 2.11 bits per heavy atom. The summed E-state index contributed by atoms with van der Waals surface area (Å²) in [7, 11) is 0. The van der Waals surface area contributed by atoms with Crippen molar-refractivity contribution in [2.24, 2.45) is 0 Å². The van der Waals surface area contributed by atoms with Crippen LogP contribution in [0.1, 0.15) is 41.6 Å². The van der Waals surface area contributed by atoms with Gasteiger partial charge in [0.05, 0.1) is 5.69 Å². The van der Waals surface area contributed by atoms with Crippen molar-refractivity contribution in [2.75, 3.05) is 0 Å². The molecule has 1 N–H and O–H groups in total. The molecule has 94 valence electrons. The van der Waals surface area contributed by atoms with E-state index >= 15 is 0 Å². The van der Waals surface area contributed by atoms with Crippen LogP contribution >= 0.6 is 0 Å². The van der Waals surface area contributed by atoms with E-state index in [-0.39, 0.29) is 11.7 Å². The predicted octanol–water partition coefficient (Wildman–Crippen LogP) is 3.47. The van der Waals surface area contributed by atoms with Crippen molar-refractivity contribution >= 4 is 5.97 Å². The molecule has 2 aromatic rings. The zero-order valence-corrected chi connectivity index (χ0v) is 10.6. The Morgan fingerprint density at radius 3 is 2.61 bits per heavy atom. The average molecular weight is 245 g/mol. The summed E-state index contributed by atoms with van der Waals surface area (Å²) in [6, 6.07) is 7.63. The largest absolute Gasteiger partial charge is 0.475 e. The number of carboxylic acids is 1. The first-order valence-corrected chi connectivity index (χ1v) is 5.80. The van der Waals surface area contributed by atoms with Gasteiger partial charge in [0.25, 0.3) is 0 Å². The summed E-state index contributed by atoms with van der Waals surface area (Å²) in [5.41, 5.74) is 2.36. The molecule has 0 unspecified atom stereocenters. The average Bonchev–Trinajstić information content (AvgIpc) is 2.73. The third-order valence-corrected chi connectivity index (χ3v) is 2.66. The van der Waals surface area contributed by atoms with Gasteiger partial charge in [-0.05, 0) is 25.0 Å². The van der Waals surface area contributed by atoms with Crippen molar-refractivity contribution in [3.05, 3.63) is 41.3 Å². The molecular formula is C14H15NO3. The lowest BCUT2D eigenvalue weighted by atomic mass is 10.1. The zero-order chi connectivity index (χ0) is 13.3. The summed E-state index contributed by atoms with van der Waals surface area (Å²) in [6.45, 7) is 5.75. The zero-order valence-electron chi connectivity index (χ0n) is 10.6. The third-order valence-electron chi connectivity index (χ3n) is 2.66. The quantitative estimate of drug-likeness (QED) is 0.899. The van der Waals surface area contributed by atoms with E-state index < -0.39 is 5.97 Å². The lowest BCUT2D eigenvalue weighted by Crippen LogP contribution is -2.01. The van der Waals surface area contributed by atoms with E-state index in [0.717, 1.165) is 11.1 Å². The van der Waals surface area contributed by atoms with E-state index in [1.807, 2.05) is 45.0 Å². The molecule has 0 radical (unpaired) electrons. The molecule has 0 saturated heterocycles. The summed E-state index contributed by atoms with van der Waals surface area (Å²) in [6.07, 6.45) is 0. The number of nitrogens with zero attached hydrogens (tertiary/aromatic N) is 1. The number of aromatic nitrogens is 1. The molecule has 1 aromatic carbocycles. The van der Waals surface area contributed by atoms with Crippen molar-refractivity contribution in [1.29, 1.82) is 0 Å². The molecule has 1 aromatic heterocycles. The molecule has 0 saturated carbocycles. The Balaban J connectivity index is 2.53. The second-order valence-electron chi connectivity index (χ2n) is 4.56. The number of rotatable bonds is 3. The monoisotopic (exact) mass is 245 g/mol. The van der Waals surface area contributed by atoms with Gasteiger partial charge in [-0.2, -0.15) is 0 Å². The van der Waals surface area contributed by atoms with Crippen molar-refractivity contribution in [1.82, 2.24) is 4.98 Å². The molecule has 0 spiro atoms. The van der Waals surface area contributed by atoms with Crippen LogP contribution in [-0.2, 0) is 0 Å². The van der Waals surface area contributed by atoms with Crippen molar-refractivity contribution in [3.8, 4) is 11.5 Å². The van der Waals surface area contributed by atoms with Gasteiger partial charge in [-0.15, -0.1) is 0 Å². The first-order valence-electron chi connectivity index (χ1n) is 5.80. The lowest BCUT2D eigenvalue weighted by Gasteiger charge is -1.98. The molecular weight excluding hydrogens is 230 g/mol. The Morgan fingerprint density at radius 1 is 1.39 bits per heavy atom. The summed E-state index contributed by atoms with van der Waals surface area (Å²) < 4.78 is 5.37. The van der Waals surface area contributed by atoms with E-state index in [1.54, 1.807) is 0 Å². The molecule has 1 heterocycles. The van der Waals surface area contributed by atoms with Crippen molar-refractivity contribution in [3.63, 3.8) is 0 Å². The SMILES string of the molecule is Cc1cccc(-c2nc(C(C)C)c(C(=O)O)o2)c1. The number of carboxylic acid groups (broad SMARTS) is 1. The van der Waals surface area contributed by atoms with Gasteiger partial charge >= 0.3 is 5.97 Å². The molecule has 0 aliphatic carbocycles.